The Balaban J connectivity index is 0.00000261. The topological polar surface area (TPSA) is 56.7 Å². The summed E-state index contributed by atoms with van der Waals surface area (Å²) < 4.78 is 0. The maximum absolute atomic E-state index is 12.5. The molecule has 1 fully saturated rings. The average molecular weight is 502 g/mol. The second-order valence-corrected chi connectivity index (χ2v) is 8.00. The van der Waals surface area contributed by atoms with Gasteiger partial charge in [-0.3, -0.25) is 9.79 Å². The molecule has 7 heteroatoms. The molecule has 1 saturated heterocycles. The molecule has 27 heavy (non-hydrogen) atoms. The van der Waals surface area contributed by atoms with Gasteiger partial charge < -0.3 is 15.5 Å². The minimum absolute atomic E-state index is 0. The first-order valence-electron chi connectivity index (χ1n) is 9.79. The quantitative estimate of drug-likeness (QED) is 0.271. The molecule has 1 aromatic carbocycles. The second-order valence-electron chi connectivity index (χ2n) is 6.85. The molecular weight excluding hydrogens is 471 g/mol. The summed E-state index contributed by atoms with van der Waals surface area (Å²) in [5.41, 5.74) is 2.37. The molecule has 1 amide bonds. The van der Waals surface area contributed by atoms with Gasteiger partial charge in [-0.1, -0.05) is 18.2 Å². The van der Waals surface area contributed by atoms with Gasteiger partial charge in [0.2, 0.25) is 5.91 Å². The number of carbonyl (C=O) groups is 1. The van der Waals surface area contributed by atoms with Gasteiger partial charge in [0.15, 0.2) is 5.96 Å². The number of fused-ring (bicyclic) bond motifs is 1. The van der Waals surface area contributed by atoms with Gasteiger partial charge in [-0.2, -0.15) is 11.8 Å². The minimum atomic E-state index is 0. The number of nitrogens with one attached hydrogen (secondary N) is 2. The lowest BCUT2D eigenvalue weighted by atomic mass is 10.2. The second kappa shape index (κ2) is 11.8. The van der Waals surface area contributed by atoms with Crippen molar-refractivity contribution in [2.24, 2.45) is 4.99 Å². The highest BCUT2D eigenvalue weighted by atomic mass is 127. The van der Waals surface area contributed by atoms with E-state index in [9.17, 15) is 4.79 Å². The van der Waals surface area contributed by atoms with Gasteiger partial charge in [0, 0.05) is 43.5 Å². The number of benzene rings is 1. The molecule has 0 radical (unpaired) electrons. The number of guanidine groups is 1. The smallest absolute Gasteiger partial charge is 0.227 e. The van der Waals surface area contributed by atoms with Crippen molar-refractivity contribution in [3.05, 3.63) is 29.8 Å². The van der Waals surface area contributed by atoms with Crippen LogP contribution in [0.3, 0.4) is 0 Å². The number of aliphatic imine (C=N–C) groups is 1. The van der Waals surface area contributed by atoms with Gasteiger partial charge in [0.25, 0.3) is 0 Å². The molecule has 1 aromatic rings. The van der Waals surface area contributed by atoms with E-state index >= 15 is 0 Å². The van der Waals surface area contributed by atoms with Gasteiger partial charge in [-0.05, 0) is 50.0 Å². The summed E-state index contributed by atoms with van der Waals surface area (Å²) in [5, 5.41) is 6.86. The van der Waals surface area contributed by atoms with E-state index < -0.39 is 0 Å². The SMILES string of the molecule is CCNC(=NCCCC(=O)N1CCc2ccccc21)NC1CCCSC1.I. The molecule has 2 heterocycles. The summed E-state index contributed by atoms with van der Waals surface area (Å²) in [6.07, 6.45) is 4.79. The Morgan fingerprint density at radius 1 is 1.37 bits per heavy atom. The van der Waals surface area contributed by atoms with Crippen LogP contribution in [0, 0.1) is 0 Å². The number of nitrogens with zero attached hydrogens (tertiary/aromatic N) is 2. The maximum atomic E-state index is 12.5. The molecule has 2 aliphatic rings. The number of halogens is 1. The Hall–Kier alpha value is -0.960. The third-order valence-corrected chi connectivity index (χ3v) is 6.07. The normalized spacial score (nSPS) is 19.2. The molecule has 3 rings (SSSR count). The summed E-state index contributed by atoms with van der Waals surface area (Å²) in [6, 6.07) is 8.72. The zero-order valence-corrected chi connectivity index (χ0v) is 19.2. The van der Waals surface area contributed by atoms with Crippen molar-refractivity contribution in [3.8, 4) is 0 Å². The molecule has 0 saturated carbocycles. The molecule has 1 unspecified atom stereocenters. The van der Waals surface area contributed by atoms with E-state index in [1.54, 1.807) is 0 Å². The molecule has 1 atom stereocenters. The fourth-order valence-electron chi connectivity index (χ4n) is 3.52. The summed E-state index contributed by atoms with van der Waals surface area (Å²) in [4.78, 5) is 19.1. The van der Waals surface area contributed by atoms with Crippen LogP contribution in [0.1, 0.15) is 38.2 Å². The van der Waals surface area contributed by atoms with E-state index in [0.717, 1.165) is 43.3 Å². The number of thioether (sulfide) groups is 1. The highest BCUT2D eigenvalue weighted by Gasteiger charge is 2.23. The third-order valence-electron chi connectivity index (χ3n) is 4.85. The lowest BCUT2D eigenvalue weighted by Crippen LogP contribution is -2.45. The number of rotatable bonds is 6. The highest BCUT2D eigenvalue weighted by molar-refractivity contribution is 14.0. The van der Waals surface area contributed by atoms with Crippen molar-refractivity contribution in [2.75, 3.05) is 36.0 Å². The number of hydrogen-bond donors (Lipinski definition) is 2. The van der Waals surface area contributed by atoms with Crippen LogP contribution >= 0.6 is 35.7 Å². The number of amides is 1. The van der Waals surface area contributed by atoms with Gasteiger partial charge in [-0.25, -0.2) is 0 Å². The van der Waals surface area contributed by atoms with Crippen LogP contribution in [-0.2, 0) is 11.2 Å². The Kier molecular flexibility index (Phi) is 9.75. The number of carbonyl (C=O) groups excluding carboxylic acids is 1. The first-order chi connectivity index (χ1) is 12.8. The van der Waals surface area contributed by atoms with E-state index in [1.165, 1.54) is 24.2 Å². The van der Waals surface area contributed by atoms with E-state index in [0.29, 0.717) is 19.0 Å². The lowest BCUT2D eigenvalue weighted by Gasteiger charge is -2.24. The van der Waals surface area contributed by atoms with Crippen molar-refractivity contribution >= 4 is 53.3 Å². The van der Waals surface area contributed by atoms with Crippen LogP contribution in [0.25, 0.3) is 0 Å². The monoisotopic (exact) mass is 502 g/mol. The number of hydrogen-bond acceptors (Lipinski definition) is 3. The number of para-hydroxylation sites is 1. The van der Waals surface area contributed by atoms with Crippen LogP contribution in [0.5, 0.6) is 0 Å². The van der Waals surface area contributed by atoms with Crippen molar-refractivity contribution in [1.29, 1.82) is 0 Å². The van der Waals surface area contributed by atoms with Crippen LogP contribution < -0.4 is 15.5 Å². The first-order valence-corrected chi connectivity index (χ1v) is 10.9. The maximum Gasteiger partial charge on any atom is 0.227 e. The Morgan fingerprint density at radius 2 is 2.22 bits per heavy atom. The summed E-state index contributed by atoms with van der Waals surface area (Å²) >= 11 is 2.01. The largest absolute Gasteiger partial charge is 0.357 e. The van der Waals surface area contributed by atoms with Crippen molar-refractivity contribution in [1.82, 2.24) is 10.6 Å². The first kappa shape index (κ1) is 22.3. The van der Waals surface area contributed by atoms with Crippen LogP contribution in [-0.4, -0.2) is 49.0 Å². The van der Waals surface area contributed by atoms with Crippen molar-refractivity contribution in [2.45, 2.75) is 45.1 Å². The Labute approximate surface area is 184 Å². The van der Waals surface area contributed by atoms with Crippen LogP contribution in [0.2, 0.25) is 0 Å². The third kappa shape index (κ3) is 6.55. The molecule has 150 valence electrons. The highest BCUT2D eigenvalue weighted by Crippen LogP contribution is 2.28. The molecule has 0 aliphatic carbocycles. The fraction of sp³-hybridized carbons (Fsp3) is 0.600. The molecular formula is C20H31IN4OS. The predicted octanol–water partition coefficient (Wildman–Crippen LogP) is 3.42. The summed E-state index contributed by atoms with van der Waals surface area (Å²) in [5.74, 6) is 3.52. The molecule has 2 N–H and O–H groups in total. The Morgan fingerprint density at radius 3 is 3.00 bits per heavy atom. The van der Waals surface area contributed by atoms with E-state index in [4.69, 9.17) is 0 Å². The summed E-state index contributed by atoms with van der Waals surface area (Å²) in [7, 11) is 0. The molecule has 5 nitrogen and oxygen atoms in total. The summed E-state index contributed by atoms with van der Waals surface area (Å²) in [6.45, 7) is 4.43. The van der Waals surface area contributed by atoms with Gasteiger partial charge in [0.05, 0.1) is 0 Å². The molecule has 0 aromatic heterocycles. The molecule has 2 aliphatic heterocycles. The molecule has 0 spiro atoms. The average Bonchev–Trinajstić information content (AvgIpc) is 3.10. The predicted molar refractivity (Wildman–Crippen MR) is 127 cm³/mol. The Bertz CT molecular complexity index is 634. The van der Waals surface area contributed by atoms with E-state index in [2.05, 4.69) is 28.6 Å². The van der Waals surface area contributed by atoms with Crippen molar-refractivity contribution in [3.63, 3.8) is 0 Å². The molecule has 0 bridgehead atoms. The van der Waals surface area contributed by atoms with E-state index in [-0.39, 0.29) is 29.9 Å². The zero-order valence-electron chi connectivity index (χ0n) is 16.1. The number of anilines is 1. The van der Waals surface area contributed by atoms with Crippen LogP contribution in [0.15, 0.2) is 29.3 Å². The van der Waals surface area contributed by atoms with Gasteiger partial charge >= 0.3 is 0 Å². The fourth-order valence-corrected chi connectivity index (χ4v) is 4.59. The van der Waals surface area contributed by atoms with Gasteiger partial charge in [-0.15, -0.1) is 24.0 Å². The minimum Gasteiger partial charge on any atom is -0.357 e. The van der Waals surface area contributed by atoms with E-state index in [1.807, 2.05) is 34.9 Å². The van der Waals surface area contributed by atoms with Crippen molar-refractivity contribution < 1.29 is 4.79 Å². The van der Waals surface area contributed by atoms with Crippen LogP contribution in [0.4, 0.5) is 5.69 Å². The lowest BCUT2D eigenvalue weighted by molar-refractivity contribution is -0.118. The standard InChI is InChI=1S/C20H30N4OS.HI/c1-2-21-20(23-17-8-6-14-26-15-17)22-12-5-10-19(25)24-13-11-16-7-3-4-9-18(16)24;/h3-4,7,9,17H,2,5-6,8,10-15H2,1H3,(H2,21,22,23);1H. The van der Waals surface area contributed by atoms with Gasteiger partial charge in [0.1, 0.15) is 0 Å². The zero-order chi connectivity index (χ0) is 18.2.